The minimum atomic E-state index is 0.0175. The molecule has 3 rings (SSSR count). The molecule has 0 bridgehead atoms. The van der Waals surface area contributed by atoms with Gasteiger partial charge in [0, 0.05) is 25.5 Å². The van der Waals surface area contributed by atoms with Crippen molar-refractivity contribution in [3.05, 3.63) is 18.2 Å². The van der Waals surface area contributed by atoms with Gasteiger partial charge in [-0.1, -0.05) is 6.42 Å². The number of amides is 1. The Morgan fingerprint density at radius 1 is 1.65 bits per heavy atom. The van der Waals surface area contributed by atoms with Crippen molar-refractivity contribution < 1.29 is 4.79 Å². The molecule has 1 aliphatic carbocycles. The monoisotopic (exact) mass is 234 g/mol. The molecule has 2 fully saturated rings. The fourth-order valence-electron chi connectivity index (χ4n) is 3.22. The molecule has 1 saturated carbocycles. The van der Waals surface area contributed by atoms with E-state index in [1.165, 1.54) is 12.8 Å². The lowest BCUT2D eigenvalue weighted by atomic mass is 9.90. The van der Waals surface area contributed by atoms with Gasteiger partial charge in [-0.2, -0.15) is 0 Å². The van der Waals surface area contributed by atoms with Crippen LogP contribution in [0.2, 0.25) is 0 Å². The predicted molar refractivity (Wildman–Crippen MR) is 63.4 cm³/mol. The van der Waals surface area contributed by atoms with Crippen molar-refractivity contribution in [3.63, 3.8) is 0 Å². The minimum absolute atomic E-state index is 0.0175. The Hall–Kier alpha value is -1.36. The molecule has 0 unspecified atom stereocenters. The molecule has 1 aliphatic heterocycles. The summed E-state index contributed by atoms with van der Waals surface area (Å²) in [6, 6.07) is 0. The zero-order valence-electron chi connectivity index (χ0n) is 9.83. The Morgan fingerprint density at radius 2 is 2.59 bits per heavy atom. The van der Waals surface area contributed by atoms with Crippen LogP contribution in [-0.2, 0) is 11.2 Å². The molecular formula is C12H18N4O. The first-order valence-electron chi connectivity index (χ1n) is 6.28. The van der Waals surface area contributed by atoms with E-state index in [9.17, 15) is 4.79 Å². The SMILES string of the molecule is O=C(Cc1ncc[nH]1)N[C@]12CCC[C@H]1CNC2. The van der Waals surface area contributed by atoms with Crippen molar-refractivity contribution in [2.24, 2.45) is 5.92 Å². The highest BCUT2D eigenvalue weighted by Crippen LogP contribution is 2.38. The van der Waals surface area contributed by atoms with Crippen LogP contribution < -0.4 is 10.6 Å². The average molecular weight is 234 g/mol. The van der Waals surface area contributed by atoms with Crippen LogP contribution >= 0.6 is 0 Å². The summed E-state index contributed by atoms with van der Waals surface area (Å²) in [5, 5.41) is 6.62. The summed E-state index contributed by atoms with van der Waals surface area (Å²) in [7, 11) is 0. The van der Waals surface area contributed by atoms with Gasteiger partial charge < -0.3 is 15.6 Å². The predicted octanol–water partition coefficient (Wildman–Crippen LogP) is 0.210. The van der Waals surface area contributed by atoms with E-state index in [2.05, 4.69) is 20.6 Å². The second kappa shape index (κ2) is 4.14. The van der Waals surface area contributed by atoms with Gasteiger partial charge in [-0.25, -0.2) is 4.98 Å². The van der Waals surface area contributed by atoms with Crippen LogP contribution in [0.1, 0.15) is 25.1 Å². The fraction of sp³-hybridized carbons (Fsp3) is 0.667. The Labute approximate surface area is 100 Å². The fourth-order valence-corrected chi connectivity index (χ4v) is 3.22. The van der Waals surface area contributed by atoms with Crippen LogP contribution in [0.3, 0.4) is 0 Å². The number of imidazole rings is 1. The Bertz CT molecular complexity index is 391. The number of carbonyl (C=O) groups excluding carboxylic acids is 1. The third kappa shape index (κ3) is 1.95. The van der Waals surface area contributed by atoms with Gasteiger partial charge >= 0.3 is 0 Å². The van der Waals surface area contributed by atoms with Gasteiger partial charge in [0.25, 0.3) is 0 Å². The summed E-state index contributed by atoms with van der Waals surface area (Å²) in [5.74, 6) is 1.43. The molecule has 0 spiro atoms. The van der Waals surface area contributed by atoms with E-state index in [0.29, 0.717) is 12.3 Å². The molecule has 0 aromatic carbocycles. The van der Waals surface area contributed by atoms with Gasteiger partial charge in [0.15, 0.2) is 0 Å². The second-order valence-corrected chi connectivity index (χ2v) is 5.14. The maximum Gasteiger partial charge on any atom is 0.228 e. The Balaban J connectivity index is 1.64. The zero-order chi connectivity index (χ0) is 11.7. The summed E-state index contributed by atoms with van der Waals surface area (Å²) in [5.41, 5.74) is 0.0175. The highest BCUT2D eigenvalue weighted by molar-refractivity contribution is 5.78. The summed E-state index contributed by atoms with van der Waals surface area (Å²) in [6.07, 6.45) is 7.34. The van der Waals surface area contributed by atoms with Crippen molar-refractivity contribution in [1.82, 2.24) is 20.6 Å². The highest BCUT2D eigenvalue weighted by Gasteiger charge is 2.46. The third-order valence-electron chi connectivity index (χ3n) is 4.06. The lowest BCUT2D eigenvalue weighted by molar-refractivity contribution is -0.122. The standard InChI is InChI=1S/C12H18N4O/c17-11(6-10-14-4-5-15-10)16-12-3-1-2-9(12)7-13-8-12/h4-5,9,13H,1-3,6-8H2,(H,14,15)(H,16,17)/t9-,12-/m0/s1. The molecule has 1 saturated heterocycles. The molecule has 2 atom stereocenters. The van der Waals surface area contributed by atoms with Crippen LogP contribution in [0.15, 0.2) is 12.4 Å². The number of fused-ring (bicyclic) bond motifs is 1. The molecule has 3 N–H and O–H groups in total. The zero-order valence-corrected chi connectivity index (χ0v) is 9.83. The number of carbonyl (C=O) groups is 1. The number of nitrogens with one attached hydrogen (secondary N) is 3. The first-order chi connectivity index (χ1) is 8.28. The molecule has 2 heterocycles. The maximum atomic E-state index is 12.0. The van der Waals surface area contributed by atoms with Crippen LogP contribution in [0, 0.1) is 5.92 Å². The molecule has 17 heavy (non-hydrogen) atoms. The second-order valence-electron chi connectivity index (χ2n) is 5.14. The van der Waals surface area contributed by atoms with Crippen molar-refractivity contribution in [1.29, 1.82) is 0 Å². The van der Waals surface area contributed by atoms with E-state index in [-0.39, 0.29) is 11.4 Å². The number of aromatic amines is 1. The molecule has 5 nitrogen and oxygen atoms in total. The lowest BCUT2D eigenvalue weighted by Crippen LogP contribution is -2.52. The topological polar surface area (TPSA) is 69.8 Å². The minimum Gasteiger partial charge on any atom is -0.349 e. The molecule has 1 aromatic heterocycles. The van der Waals surface area contributed by atoms with E-state index < -0.39 is 0 Å². The van der Waals surface area contributed by atoms with Crippen molar-refractivity contribution in [2.75, 3.05) is 13.1 Å². The maximum absolute atomic E-state index is 12.0. The number of aromatic nitrogens is 2. The summed E-state index contributed by atoms with van der Waals surface area (Å²) in [6.45, 7) is 1.96. The molecule has 2 aliphatic rings. The van der Waals surface area contributed by atoms with Gasteiger partial charge in [0.2, 0.25) is 5.91 Å². The first kappa shape index (κ1) is 10.8. The summed E-state index contributed by atoms with van der Waals surface area (Å²) >= 11 is 0. The van der Waals surface area contributed by atoms with Gasteiger partial charge in [0.05, 0.1) is 12.0 Å². The molecule has 1 amide bonds. The lowest BCUT2D eigenvalue weighted by Gasteiger charge is -2.29. The number of nitrogens with zero attached hydrogens (tertiary/aromatic N) is 1. The van der Waals surface area contributed by atoms with E-state index in [0.717, 1.165) is 25.3 Å². The third-order valence-corrected chi connectivity index (χ3v) is 4.06. The molecule has 92 valence electrons. The molecule has 0 radical (unpaired) electrons. The first-order valence-corrected chi connectivity index (χ1v) is 6.28. The number of rotatable bonds is 3. The Morgan fingerprint density at radius 3 is 3.41 bits per heavy atom. The van der Waals surface area contributed by atoms with E-state index in [1.54, 1.807) is 12.4 Å². The van der Waals surface area contributed by atoms with Crippen LogP contribution in [-0.4, -0.2) is 34.5 Å². The van der Waals surface area contributed by atoms with Crippen molar-refractivity contribution in [2.45, 2.75) is 31.2 Å². The van der Waals surface area contributed by atoms with Crippen LogP contribution in [0.5, 0.6) is 0 Å². The smallest absolute Gasteiger partial charge is 0.228 e. The quantitative estimate of drug-likeness (QED) is 0.700. The molecule has 1 aromatic rings. The number of hydrogen-bond acceptors (Lipinski definition) is 3. The van der Waals surface area contributed by atoms with E-state index in [1.807, 2.05) is 0 Å². The highest BCUT2D eigenvalue weighted by atomic mass is 16.1. The largest absolute Gasteiger partial charge is 0.349 e. The average Bonchev–Trinajstić information content (AvgIpc) is 2.92. The van der Waals surface area contributed by atoms with Gasteiger partial charge in [-0.3, -0.25) is 4.79 Å². The van der Waals surface area contributed by atoms with Crippen molar-refractivity contribution in [3.8, 4) is 0 Å². The summed E-state index contributed by atoms with van der Waals surface area (Å²) < 4.78 is 0. The van der Waals surface area contributed by atoms with Crippen molar-refractivity contribution >= 4 is 5.91 Å². The van der Waals surface area contributed by atoms with Gasteiger partial charge in [-0.15, -0.1) is 0 Å². The Kier molecular flexibility index (Phi) is 2.63. The van der Waals surface area contributed by atoms with E-state index >= 15 is 0 Å². The van der Waals surface area contributed by atoms with E-state index in [4.69, 9.17) is 0 Å². The molecular weight excluding hydrogens is 216 g/mol. The number of hydrogen-bond donors (Lipinski definition) is 3. The van der Waals surface area contributed by atoms with Crippen LogP contribution in [0.25, 0.3) is 0 Å². The van der Waals surface area contributed by atoms with Gasteiger partial charge in [0.1, 0.15) is 5.82 Å². The van der Waals surface area contributed by atoms with Crippen LogP contribution in [0.4, 0.5) is 0 Å². The van der Waals surface area contributed by atoms with Gasteiger partial charge in [-0.05, 0) is 18.8 Å². The molecule has 5 heteroatoms. The number of H-pyrrole nitrogens is 1. The normalized spacial score (nSPS) is 31.4. The summed E-state index contributed by atoms with van der Waals surface area (Å²) in [4.78, 5) is 19.0.